The lowest BCUT2D eigenvalue weighted by atomic mass is 10.1. The monoisotopic (exact) mass is 199 g/mol. The first kappa shape index (κ1) is 9.86. The van der Waals surface area contributed by atoms with Gasteiger partial charge >= 0.3 is 5.97 Å². The summed E-state index contributed by atoms with van der Waals surface area (Å²) in [5, 5.41) is 0.460. The van der Waals surface area contributed by atoms with Crippen LogP contribution >= 0.6 is 11.6 Å². The summed E-state index contributed by atoms with van der Waals surface area (Å²) < 4.78 is 4.51. The number of carbonyl (C=O) groups is 1. The molecule has 0 aromatic heterocycles. The van der Waals surface area contributed by atoms with Crippen molar-refractivity contribution in [3.63, 3.8) is 0 Å². The molecule has 1 aromatic carbocycles. The molecule has 13 heavy (non-hydrogen) atoms. The van der Waals surface area contributed by atoms with Crippen molar-refractivity contribution in [1.82, 2.24) is 0 Å². The summed E-state index contributed by atoms with van der Waals surface area (Å²) in [5.41, 5.74) is 6.78. The first-order chi connectivity index (χ1) is 6.15. The van der Waals surface area contributed by atoms with Crippen molar-refractivity contribution in [3.8, 4) is 0 Å². The number of anilines is 1. The van der Waals surface area contributed by atoms with Gasteiger partial charge in [0.1, 0.15) is 0 Å². The fourth-order valence-corrected chi connectivity index (χ4v) is 1.16. The summed E-state index contributed by atoms with van der Waals surface area (Å²) in [5.74, 6) is -0.325. The SMILES string of the molecule is COC(=O)Cc1cccc(Cl)c1N. The van der Waals surface area contributed by atoms with Gasteiger partial charge in [-0.2, -0.15) is 0 Å². The molecule has 0 bridgehead atoms. The topological polar surface area (TPSA) is 52.3 Å². The summed E-state index contributed by atoms with van der Waals surface area (Å²) >= 11 is 5.76. The van der Waals surface area contributed by atoms with Gasteiger partial charge in [0.15, 0.2) is 0 Å². The van der Waals surface area contributed by atoms with Gasteiger partial charge in [-0.25, -0.2) is 0 Å². The van der Waals surface area contributed by atoms with Crippen LogP contribution in [0.4, 0.5) is 5.69 Å². The third-order valence-electron chi connectivity index (χ3n) is 1.71. The Balaban J connectivity index is 2.89. The third-order valence-corrected chi connectivity index (χ3v) is 2.04. The minimum atomic E-state index is -0.325. The van der Waals surface area contributed by atoms with Crippen LogP contribution in [0.5, 0.6) is 0 Å². The Morgan fingerprint density at radius 3 is 2.92 bits per heavy atom. The van der Waals surface area contributed by atoms with Crippen LogP contribution in [0, 0.1) is 0 Å². The van der Waals surface area contributed by atoms with Crippen LogP contribution in [0.3, 0.4) is 0 Å². The number of carbonyl (C=O) groups excluding carboxylic acids is 1. The highest BCUT2D eigenvalue weighted by molar-refractivity contribution is 6.33. The lowest BCUT2D eigenvalue weighted by Gasteiger charge is -2.05. The number of benzene rings is 1. The van der Waals surface area contributed by atoms with E-state index in [1.54, 1.807) is 18.2 Å². The Hall–Kier alpha value is -1.22. The Morgan fingerprint density at radius 1 is 1.62 bits per heavy atom. The Labute approximate surface area is 81.4 Å². The van der Waals surface area contributed by atoms with E-state index in [4.69, 9.17) is 17.3 Å². The molecule has 4 heteroatoms. The Kier molecular flexibility index (Phi) is 3.14. The maximum Gasteiger partial charge on any atom is 0.310 e. The van der Waals surface area contributed by atoms with Crippen molar-refractivity contribution < 1.29 is 9.53 Å². The van der Waals surface area contributed by atoms with Gasteiger partial charge in [0, 0.05) is 0 Å². The number of halogens is 1. The quantitative estimate of drug-likeness (QED) is 0.582. The number of nitrogen functional groups attached to an aromatic ring is 1. The number of hydrogen-bond acceptors (Lipinski definition) is 3. The number of hydrogen-bond donors (Lipinski definition) is 1. The molecule has 0 fully saturated rings. The zero-order valence-electron chi connectivity index (χ0n) is 7.21. The van der Waals surface area contributed by atoms with Gasteiger partial charge < -0.3 is 10.5 Å². The highest BCUT2D eigenvalue weighted by Gasteiger charge is 2.07. The van der Waals surface area contributed by atoms with E-state index in [2.05, 4.69) is 4.74 Å². The summed E-state index contributed by atoms with van der Waals surface area (Å²) in [6, 6.07) is 5.17. The van der Waals surface area contributed by atoms with Crippen molar-refractivity contribution in [1.29, 1.82) is 0 Å². The maximum absolute atomic E-state index is 10.9. The van der Waals surface area contributed by atoms with E-state index in [0.29, 0.717) is 16.3 Å². The van der Waals surface area contributed by atoms with Crippen LogP contribution in [0.15, 0.2) is 18.2 Å². The molecule has 70 valence electrons. The van der Waals surface area contributed by atoms with E-state index in [1.807, 2.05) is 0 Å². The number of ether oxygens (including phenoxy) is 1. The zero-order valence-corrected chi connectivity index (χ0v) is 7.97. The molecule has 1 rings (SSSR count). The molecule has 0 saturated heterocycles. The van der Waals surface area contributed by atoms with Gasteiger partial charge in [-0.15, -0.1) is 0 Å². The van der Waals surface area contributed by atoms with Crippen LogP contribution in [-0.4, -0.2) is 13.1 Å². The standard InChI is InChI=1S/C9H10ClNO2/c1-13-8(12)5-6-3-2-4-7(10)9(6)11/h2-4H,5,11H2,1H3. The number of methoxy groups -OCH3 is 1. The molecule has 0 amide bonds. The van der Waals surface area contributed by atoms with Gasteiger partial charge in [-0.1, -0.05) is 23.7 Å². The van der Waals surface area contributed by atoms with E-state index in [0.717, 1.165) is 0 Å². The van der Waals surface area contributed by atoms with Gasteiger partial charge in [0.05, 0.1) is 24.2 Å². The van der Waals surface area contributed by atoms with E-state index < -0.39 is 0 Å². The molecular formula is C9H10ClNO2. The lowest BCUT2D eigenvalue weighted by molar-refractivity contribution is -0.139. The molecule has 2 N–H and O–H groups in total. The van der Waals surface area contributed by atoms with Crippen molar-refractivity contribution in [2.75, 3.05) is 12.8 Å². The highest BCUT2D eigenvalue weighted by Crippen LogP contribution is 2.22. The molecule has 0 spiro atoms. The lowest BCUT2D eigenvalue weighted by Crippen LogP contribution is -2.06. The second kappa shape index (κ2) is 4.14. The molecule has 0 aliphatic rings. The minimum absolute atomic E-state index is 0.156. The predicted octanol–water partition coefficient (Wildman–Crippen LogP) is 1.64. The number of nitrogens with two attached hydrogens (primary N) is 1. The first-order valence-corrected chi connectivity index (χ1v) is 4.12. The van der Waals surface area contributed by atoms with Crippen molar-refractivity contribution in [2.45, 2.75) is 6.42 Å². The third kappa shape index (κ3) is 2.36. The first-order valence-electron chi connectivity index (χ1n) is 3.75. The molecule has 0 unspecified atom stereocenters. The molecule has 3 nitrogen and oxygen atoms in total. The molecular weight excluding hydrogens is 190 g/mol. The molecule has 0 aliphatic heterocycles. The normalized spacial score (nSPS) is 9.69. The molecule has 0 atom stereocenters. The highest BCUT2D eigenvalue weighted by atomic mass is 35.5. The fraction of sp³-hybridized carbons (Fsp3) is 0.222. The van der Waals surface area contributed by atoms with Crippen LogP contribution in [0.2, 0.25) is 5.02 Å². The largest absolute Gasteiger partial charge is 0.469 e. The van der Waals surface area contributed by atoms with Crippen LogP contribution < -0.4 is 5.73 Å². The maximum atomic E-state index is 10.9. The average molecular weight is 200 g/mol. The predicted molar refractivity (Wildman–Crippen MR) is 51.6 cm³/mol. The molecule has 1 aromatic rings. The van der Waals surface area contributed by atoms with Gasteiger partial charge in [-0.3, -0.25) is 4.79 Å². The molecule has 0 aliphatic carbocycles. The van der Waals surface area contributed by atoms with Gasteiger partial charge in [0.2, 0.25) is 0 Å². The summed E-state index contributed by atoms with van der Waals surface area (Å²) in [7, 11) is 1.34. The summed E-state index contributed by atoms with van der Waals surface area (Å²) in [6.45, 7) is 0. The van der Waals surface area contributed by atoms with Crippen LogP contribution in [0.1, 0.15) is 5.56 Å². The second-order valence-corrected chi connectivity index (χ2v) is 2.97. The average Bonchev–Trinajstić information content (AvgIpc) is 2.13. The molecule has 0 heterocycles. The van der Waals surface area contributed by atoms with Crippen molar-refractivity contribution >= 4 is 23.3 Å². The van der Waals surface area contributed by atoms with Crippen LogP contribution in [0.25, 0.3) is 0 Å². The van der Waals surface area contributed by atoms with E-state index in [-0.39, 0.29) is 12.4 Å². The van der Waals surface area contributed by atoms with Gasteiger partial charge in [-0.05, 0) is 11.6 Å². The number of rotatable bonds is 2. The van der Waals surface area contributed by atoms with E-state index in [9.17, 15) is 4.79 Å². The number of para-hydroxylation sites is 1. The van der Waals surface area contributed by atoms with E-state index in [1.165, 1.54) is 7.11 Å². The Morgan fingerprint density at radius 2 is 2.31 bits per heavy atom. The Bertz CT molecular complexity index is 325. The number of esters is 1. The molecule has 0 saturated carbocycles. The minimum Gasteiger partial charge on any atom is -0.469 e. The van der Waals surface area contributed by atoms with Crippen LogP contribution in [-0.2, 0) is 16.0 Å². The smallest absolute Gasteiger partial charge is 0.310 e. The summed E-state index contributed by atoms with van der Waals surface area (Å²) in [4.78, 5) is 10.9. The van der Waals surface area contributed by atoms with Crippen molar-refractivity contribution in [3.05, 3.63) is 28.8 Å². The summed E-state index contributed by atoms with van der Waals surface area (Å²) in [6.07, 6.45) is 0.156. The zero-order chi connectivity index (χ0) is 9.84. The molecule has 0 radical (unpaired) electrons. The fourth-order valence-electron chi connectivity index (χ4n) is 0.964. The van der Waals surface area contributed by atoms with Crippen molar-refractivity contribution in [2.24, 2.45) is 0 Å². The van der Waals surface area contributed by atoms with Gasteiger partial charge in [0.25, 0.3) is 0 Å². The second-order valence-electron chi connectivity index (χ2n) is 2.57. The van der Waals surface area contributed by atoms with E-state index >= 15 is 0 Å².